The first-order valence-corrected chi connectivity index (χ1v) is 19.3. The van der Waals surface area contributed by atoms with E-state index in [0.717, 1.165) is 38.9 Å². The van der Waals surface area contributed by atoms with Gasteiger partial charge in [-0.15, -0.1) is 11.8 Å². The number of thioether (sulfide) groups is 1. The van der Waals surface area contributed by atoms with Crippen molar-refractivity contribution in [2.45, 2.75) is 42.1 Å². The normalized spacial score (nSPS) is 12.4. The summed E-state index contributed by atoms with van der Waals surface area (Å²) in [4.78, 5) is 34.8. The zero-order valence-corrected chi connectivity index (χ0v) is 32.0. The second-order valence-electron chi connectivity index (χ2n) is 13.4. The number of amides is 1. The van der Waals surface area contributed by atoms with Gasteiger partial charge in [0.1, 0.15) is 12.1 Å². The summed E-state index contributed by atoms with van der Waals surface area (Å²) >= 11 is 1.56. The number of hydrogen-bond donors (Lipinski definition) is 5. The summed E-state index contributed by atoms with van der Waals surface area (Å²) in [6.45, 7) is 2.01. The van der Waals surface area contributed by atoms with Gasteiger partial charge in [0.2, 0.25) is 5.91 Å². The molecule has 56 heavy (non-hydrogen) atoms. The highest BCUT2D eigenvalue weighted by Crippen LogP contribution is 2.48. The van der Waals surface area contributed by atoms with Gasteiger partial charge in [0.05, 0.1) is 10.3 Å². The van der Waals surface area contributed by atoms with Crippen molar-refractivity contribution in [1.29, 1.82) is 0 Å². The van der Waals surface area contributed by atoms with Gasteiger partial charge in [0.25, 0.3) is 0 Å². The van der Waals surface area contributed by atoms with Crippen molar-refractivity contribution in [2.24, 2.45) is 11.5 Å². The molecule has 6 aromatic carbocycles. The second kappa shape index (κ2) is 19.5. The minimum Gasteiger partial charge on any atom is -0.480 e. The number of aliphatic carboxylic acids is 2. The van der Waals surface area contributed by atoms with E-state index in [-0.39, 0.29) is 12.8 Å². The van der Waals surface area contributed by atoms with E-state index in [0.29, 0.717) is 5.75 Å². The number of nitrogens with two attached hydrogens (primary N) is 2. The molecule has 0 radical (unpaired) electrons. The van der Waals surface area contributed by atoms with Crippen LogP contribution in [0.5, 0.6) is 0 Å². The van der Waals surface area contributed by atoms with Gasteiger partial charge < -0.3 is 21.7 Å². The molecule has 286 valence electrons. The standard InChI is InChI=1S/C25H26N2O3.C22H21NO2S/c1-18-12-14-21(15-13-18)25(19-8-4-2-5-9-19,20-10-6-3-7-11-20)27-22(24(29)30)16-17-23(26)28;23-20(21(24)25)16-26-22(17-10-4-1-5-11-17,18-12-6-2-7-13-18)19-14-8-3-9-15-19/h2-15,22,27H,16-17H2,1H3,(H2,26,28)(H,29,30);1-15,20H,16,23H2,(H,24,25)/t22-;20-/m00/s1. The fourth-order valence-electron chi connectivity index (χ4n) is 6.79. The minimum absolute atomic E-state index is 0.0163. The third kappa shape index (κ3) is 9.80. The van der Waals surface area contributed by atoms with Gasteiger partial charge in [-0.25, -0.2) is 0 Å². The van der Waals surface area contributed by atoms with Crippen molar-refractivity contribution in [1.82, 2.24) is 5.32 Å². The number of nitrogens with one attached hydrogen (secondary N) is 1. The van der Waals surface area contributed by atoms with Crippen LogP contribution in [0.4, 0.5) is 0 Å². The molecule has 8 nitrogen and oxygen atoms in total. The number of rotatable bonds is 16. The maximum Gasteiger partial charge on any atom is 0.321 e. The largest absolute Gasteiger partial charge is 0.480 e. The second-order valence-corrected chi connectivity index (χ2v) is 14.7. The first-order chi connectivity index (χ1) is 27.1. The van der Waals surface area contributed by atoms with Crippen LogP contribution in [-0.2, 0) is 24.7 Å². The summed E-state index contributed by atoms with van der Waals surface area (Å²) in [6.07, 6.45) is 0.0788. The zero-order chi connectivity index (χ0) is 40.0. The number of aryl methyl sites for hydroxylation is 1. The van der Waals surface area contributed by atoms with Crippen molar-refractivity contribution in [3.8, 4) is 0 Å². The Balaban J connectivity index is 0.000000216. The Labute approximate surface area is 332 Å². The van der Waals surface area contributed by atoms with Crippen LogP contribution in [0.25, 0.3) is 0 Å². The lowest BCUT2D eigenvalue weighted by Gasteiger charge is -2.39. The Bertz CT molecular complexity index is 2000. The topological polar surface area (TPSA) is 156 Å². The van der Waals surface area contributed by atoms with Crippen LogP contribution >= 0.6 is 11.8 Å². The number of primary amides is 1. The Morgan fingerprint density at radius 2 is 0.929 bits per heavy atom. The summed E-state index contributed by atoms with van der Waals surface area (Å²) in [5, 5.41) is 22.6. The van der Waals surface area contributed by atoms with E-state index >= 15 is 0 Å². The van der Waals surface area contributed by atoms with Crippen molar-refractivity contribution in [3.05, 3.63) is 215 Å². The van der Waals surface area contributed by atoms with E-state index < -0.39 is 40.2 Å². The van der Waals surface area contributed by atoms with Crippen LogP contribution < -0.4 is 16.8 Å². The maximum absolute atomic E-state index is 12.1. The van der Waals surface area contributed by atoms with Gasteiger partial charge >= 0.3 is 11.9 Å². The Morgan fingerprint density at radius 3 is 1.27 bits per heavy atom. The van der Waals surface area contributed by atoms with Crippen LogP contribution in [0, 0.1) is 6.92 Å². The predicted molar refractivity (Wildman–Crippen MR) is 224 cm³/mol. The van der Waals surface area contributed by atoms with E-state index in [1.165, 1.54) is 0 Å². The molecule has 1 amide bonds. The molecule has 0 aromatic heterocycles. The maximum atomic E-state index is 12.1. The van der Waals surface area contributed by atoms with E-state index in [9.17, 15) is 24.6 Å². The fraction of sp³-hybridized carbons (Fsp3) is 0.170. The molecule has 0 bridgehead atoms. The van der Waals surface area contributed by atoms with E-state index in [1.54, 1.807) is 11.8 Å². The monoisotopic (exact) mass is 765 g/mol. The molecular weight excluding hydrogens is 719 g/mol. The number of carboxylic acid groups (broad SMARTS) is 2. The lowest BCUT2D eigenvalue weighted by Crippen LogP contribution is -2.52. The van der Waals surface area contributed by atoms with E-state index in [2.05, 4.69) is 41.7 Å². The zero-order valence-electron chi connectivity index (χ0n) is 31.2. The number of hydrogen-bond acceptors (Lipinski definition) is 6. The summed E-state index contributed by atoms with van der Waals surface area (Å²) in [7, 11) is 0. The van der Waals surface area contributed by atoms with Crippen LogP contribution in [0.15, 0.2) is 176 Å². The van der Waals surface area contributed by atoms with Crippen molar-refractivity contribution in [2.75, 3.05) is 5.75 Å². The van der Waals surface area contributed by atoms with E-state index in [1.807, 2.05) is 146 Å². The minimum atomic E-state index is -1.03. The van der Waals surface area contributed by atoms with Gasteiger partial charge in [-0.1, -0.05) is 181 Å². The van der Waals surface area contributed by atoms with Crippen LogP contribution in [-0.4, -0.2) is 45.9 Å². The van der Waals surface area contributed by atoms with Crippen LogP contribution in [0.3, 0.4) is 0 Å². The molecule has 0 saturated carbocycles. The molecular formula is C47H47N3O5S. The smallest absolute Gasteiger partial charge is 0.321 e. The number of benzene rings is 6. The van der Waals surface area contributed by atoms with E-state index in [4.69, 9.17) is 11.5 Å². The molecule has 6 aromatic rings. The van der Waals surface area contributed by atoms with Gasteiger partial charge in [0, 0.05) is 12.2 Å². The molecule has 0 heterocycles. The third-order valence-corrected chi connectivity index (χ3v) is 11.3. The Kier molecular flexibility index (Phi) is 14.4. The number of carbonyl (C=O) groups is 3. The molecule has 2 atom stereocenters. The molecule has 7 N–H and O–H groups in total. The number of carboxylic acids is 2. The average molecular weight is 766 g/mol. The fourth-order valence-corrected chi connectivity index (χ4v) is 8.27. The quantitative estimate of drug-likeness (QED) is 0.0628. The lowest BCUT2D eigenvalue weighted by atomic mass is 9.76. The summed E-state index contributed by atoms with van der Waals surface area (Å²) < 4.78 is -0.531. The predicted octanol–water partition coefficient (Wildman–Crippen LogP) is 7.72. The Morgan fingerprint density at radius 1 is 0.571 bits per heavy atom. The van der Waals surface area contributed by atoms with Crippen molar-refractivity contribution >= 4 is 29.6 Å². The lowest BCUT2D eigenvalue weighted by molar-refractivity contribution is -0.140. The highest BCUT2D eigenvalue weighted by atomic mass is 32.2. The molecule has 0 fully saturated rings. The molecule has 0 aliphatic heterocycles. The van der Waals surface area contributed by atoms with Gasteiger partial charge in [-0.2, -0.15) is 0 Å². The molecule has 0 unspecified atom stereocenters. The Hall–Kier alpha value is -6.00. The summed E-state index contributed by atoms with van der Waals surface area (Å²) in [5.41, 5.74) is 17.3. The highest BCUT2D eigenvalue weighted by molar-refractivity contribution is 8.00. The highest BCUT2D eigenvalue weighted by Gasteiger charge is 2.40. The summed E-state index contributed by atoms with van der Waals surface area (Å²) in [5.74, 6) is -2.24. The molecule has 0 aliphatic carbocycles. The van der Waals surface area contributed by atoms with Crippen molar-refractivity contribution < 1.29 is 24.6 Å². The van der Waals surface area contributed by atoms with Crippen molar-refractivity contribution in [3.63, 3.8) is 0 Å². The molecule has 9 heteroatoms. The molecule has 0 aliphatic rings. The van der Waals surface area contributed by atoms with Crippen LogP contribution in [0.1, 0.15) is 51.8 Å². The average Bonchev–Trinajstić information content (AvgIpc) is 3.23. The summed E-state index contributed by atoms with van der Waals surface area (Å²) in [6, 6.07) is 56.1. The first kappa shape index (κ1) is 41.2. The molecule has 0 saturated heterocycles. The molecule has 0 spiro atoms. The first-order valence-electron chi connectivity index (χ1n) is 18.3. The third-order valence-electron chi connectivity index (χ3n) is 9.60. The van der Waals surface area contributed by atoms with Gasteiger partial charge in [-0.3, -0.25) is 19.7 Å². The van der Waals surface area contributed by atoms with Gasteiger partial charge in [-0.05, 0) is 46.7 Å². The van der Waals surface area contributed by atoms with Crippen LogP contribution in [0.2, 0.25) is 0 Å². The van der Waals surface area contributed by atoms with Gasteiger partial charge in [0.15, 0.2) is 0 Å². The SMILES string of the molecule is Cc1ccc(C(N[C@@H](CCC(N)=O)C(=O)O)(c2ccccc2)c2ccccc2)cc1.N[C@@H](CSC(c1ccccc1)(c1ccccc1)c1ccccc1)C(=O)O. The molecule has 6 rings (SSSR count). The number of carbonyl (C=O) groups excluding carboxylic acids is 1.